The van der Waals surface area contributed by atoms with Crippen molar-refractivity contribution in [2.45, 2.75) is 69.8 Å². The first-order valence-corrected chi connectivity index (χ1v) is 9.45. The first-order valence-electron chi connectivity index (χ1n) is 9.45. The predicted octanol–water partition coefficient (Wildman–Crippen LogP) is 1.89. The largest absolute Gasteiger partial charge is 0.388 e. The minimum Gasteiger partial charge on any atom is -0.388 e. The predicted molar refractivity (Wildman–Crippen MR) is 98.6 cm³/mol. The molecule has 2 atom stereocenters. The summed E-state index contributed by atoms with van der Waals surface area (Å²) in [6.07, 6.45) is 6.56. The van der Waals surface area contributed by atoms with Crippen molar-refractivity contribution in [3.63, 3.8) is 0 Å². The van der Waals surface area contributed by atoms with Crippen molar-refractivity contribution in [1.82, 2.24) is 19.7 Å². The summed E-state index contributed by atoms with van der Waals surface area (Å²) in [7, 11) is 0. The molecule has 138 valence electrons. The van der Waals surface area contributed by atoms with Crippen molar-refractivity contribution >= 4 is 0 Å². The van der Waals surface area contributed by atoms with Gasteiger partial charge in [0.15, 0.2) is 0 Å². The van der Waals surface area contributed by atoms with E-state index in [0.717, 1.165) is 30.8 Å². The quantitative estimate of drug-likeness (QED) is 0.908. The Balaban J connectivity index is 1.53. The van der Waals surface area contributed by atoms with Crippen LogP contribution in [0.4, 0.5) is 0 Å². The van der Waals surface area contributed by atoms with Crippen LogP contribution in [0.2, 0.25) is 0 Å². The molecule has 1 N–H and O–H groups in total. The van der Waals surface area contributed by atoms with Crippen LogP contribution in [0, 0.1) is 6.92 Å². The molecule has 2 fully saturated rings. The second-order valence-corrected chi connectivity index (χ2v) is 7.84. The van der Waals surface area contributed by atoms with Crippen molar-refractivity contribution in [1.29, 1.82) is 0 Å². The number of aryl methyl sites for hydroxylation is 1. The summed E-state index contributed by atoms with van der Waals surface area (Å²) in [5.74, 6) is 0. The maximum atomic E-state index is 12.1. The zero-order valence-corrected chi connectivity index (χ0v) is 15.2. The lowest BCUT2D eigenvalue weighted by Crippen LogP contribution is -2.59. The molecule has 26 heavy (non-hydrogen) atoms. The fourth-order valence-corrected chi connectivity index (χ4v) is 4.63. The second-order valence-electron chi connectivity index (χ2n) is 7.84. The van der Waals surface area contributed by atoms with Gasteiger partial charge in [-0.2, -0.15) is 5.10 Å². The Kier molecular flexibility index (Phi) is 4.63. The van der Waals surface area contributed by atoms with Crippen molar-refractivity contribution in [2.75, 3.05) is 0 Å². The molecule has 2 bridgehead atoms. The van der Waals surface area contributed by atoms with E-state index in [1.807, 2.05) is 25.3 Å². The molecule has 6 heteroatoms. The van der Waals surface area contributed by atoms with Gasteiger partial charge in [-0.15, -0.1) is 0 Å². The number of aromatic nitrogens is 3. The van der Waals surface area contributed by atoms with Gasteiger partial charge in [-0.05, 0) is 50.8 Å². The van der Waals surface area contributed by atoms with Crippen molar-refractivity contribution in [2.24, 2.45) is 0 Å². The molecule has 0 amide bonds. The van der Waals surface area contributed by atoms with Gasteiger partial charge in [0.2, 0.25) is 0 Å². The zero-order chi connectivity index (χ0) is 18.1. The number of rotatable bonds is 4. The molecule has 4 heterocycles. The average molecular weight is 354 g/mol. The summed E-state index contributed by atoms with van der Waals surface area (Å²) in [5.41, 5.74) is 0.846. The third-order valence-corrected chi connectivity index (χ3v) is 5.76. The van der Waals surface area contributed by atoms with Crippen LogP contribution in [0.3, 0.4) is 0 Å². The van der Waals surface area contributed by atoms with E-state index >= 15 is 0 Å². The van der Waals surface area contributed by atoms with Gasteiger partial charge in [-0.1, -0.05) is 12.5 Å². The highest BCUT2D eigenvalue weighted by Crippen LogP contribution is 2.40. The molecule has 2 saturated heterocycles. The molecule has 2 aromatic rings. The smallest absolute Gasteiger partial charge is 0.266 e. The molecule has 0 aromatic carbocycles. The molecule has 0 unspecified atom stereocenters. The molecule has 6 nitrogen and oxygen atoms in total. The molecule has 0 saturated carbocycles. The van der Waals surface area contributed by atoms with E-state index in [1.54, 1.807) is 6.07 Å². The molecular formula is C20H26N4O2. The highest BCUT2D eigenvalue weighted by Gasteiger charge is 2.45. The van der Waals surface area contributed by atoms with E-state index in [-0.39, 0.29) is 12.1 Å². The number of hydrogen-bond donors (Lipinski definition) is 1. The number of pyridine rings is 1. The summed E-state index contributed by atoms with van der Waals surface area (Å²) in [5, 5.41) is 15.6. The summed E-state index contributed by atoms with van der Waals surface area (Å²) in [4.78, 5) is 19.1. The molecule has 2 aromatic heterocycles. The lowest BCUT2D eigenvalue weighted by Gasteiger charge is -2.52. The first kappa shape index (κ1) is 17.4. The van der Waals surface area contributed by atoms with Gasteiger partial charge in [0.25, 0.3) is 5.56 Å². The minimum atomic E-state index is -0.874. The van der Waals surface area contributed by atoms with Crippen LogP contribution in [-0.2, 0) is 13.1 Å². The van der Waals surface area contributed by atoms with Crippen LogP contribution in [0.1, 0.15) is 43.5 Å². The van der Waals surface area contributed by atoms with Gasteiger partial charge in [0.05, 0.1) is 23.5 Å². The maximum absolute atomic E-state index is 12.1. The highest BCUT2D eigenvalue weighted by atomic mass is 16.3. The van der Waals surface area contributed by atoms with Gasteiger partial charge in [-0.25, -0.2) is 4.68 Å². The topological polar surface area (TPSA) is 71.2 Å². The number of fused-ring (bicyclic) bond motifs is 2. The molecule has 0 spiro atoms. The van der Waals surface area contributed by atoms with Gasteiger partial charge in [-0.3, -0.25) is 14.7 Å². The fourth-order valence-electron chi connectivity index (χ4n) is 4.63. The lowest BCUT2D eigenvalue weighted by molar-refractivity contribution is -0.105. The van der Waals surface area contributed by atoms with E-state index in [9.17, 15) is 9.90 Å². The van der Waals surface area contributed by atoms with Gasteiger partial charge in [0, 0.05) is 30.9 Å². The van der Waals surface area contributed by atoms with Crippen LogP contribution < -0.4 is 5.56 Å². The third kappa shape index (κ3) is 3.57. The van der Waals surface area contributed by atoms with Crippen molar-refractivity contribution in [3.8, 4) is 0 Å². The number of aliphatic hydroxyl groups is 1. The third-order valence-electron chi connectivity index (χ3n) is 5.76. The summed E-state index contributed by atoms with van der Waals surface area (Å²) in [6.45, 7) is 2.97. The van der Waals surface area contributed by atoms with Gasteiger partial charge in [0.1, 0.15) is 0 Å². The Morgan fingerprint density at radius 1 is 1.19 bits per heavy atom. The number of nitrogens with zero attached hydrogens (tertiary/aromatic N) is 4. The standard InChI is InChI=1S/C20H26N4O2/c1-15-8-9-19(25)24(22-15)14-20(26)11-17-6-4-7-18(12-20)23(17)13-16-5-2-3-10-21-16/h2-3,5,8-10,17-18,26H,4,6-7,11-14H2,1H3/t17-,18-/m1/s1. The van der Waals surface area contributed by atoms with Crippen LogP contribution >= 0.6 is 0 Å². The van der Waals surface area contributed by atoms with E-state index in [1.165, 1.54) is 17.2 Å². The number of hydrogen-bond acceptors (Lipinski definition) is 5. The Labute approximate surface area is 153 Å². The lowest BCUT2D eigenvalue weighted by atomic mass is 9.75. The fraction of sp³-hybridized carbons (Fsp3) is 0.550. The molecular weight excluding hydrogens is 328 g/mol. The van der Waals surface area contributed by atoms with E-state index < -0.39 is 5.60 Å². The van der Waals surface area contributed by atoms with E-state index in [0.29, 0.717) is 24.9 Å². The number of piperidine rings is 2. The van der Waals surface area contributed by atoms with Crippen LogP contribution in [0.5, 0.6) is 0 Å². The highest BCUT2D eigenvalue weighted by molar-refractivity contribution is 5.07. The van der Waals surface area contributed by atoms with Crippen molar-refractivity contribution < 1.29 is 5.11 Å². The van der Waals surface area contributed by atoms with Crippen LogP contribution in [0.15, 0.2) is 41.3 Å². The van der Waals surface area contributed by atoms with E-state index in [4.69, 9.17) is 0 Å². The van der Waals surface area contributed by atoms with Gasteiger partial charge >= 0.3 is 0 Å². The van der Waals surface area contributed by atoms with E-state index in [2.05, 4.69) is 21.0 Å². The summed E-state index contributed by atoms with van der Waals surface area (Å²) in [6, 6.07) is 9.92. The maximum Gasteiger partial charge on any atom is 0.266 e. The van der Waals surface area contributed by atoms with Crippen LogP contribution in [0.25, 0.3) is 0 Å². The SMILES string of the molecule is Cc1ccc(=O)n(CC2(O)C[C@H]3CCC[C@H](C2)N3Cc2ccccn2)n1. The Morgan fingerprint density at radius 3 is 2.65 bits per heavy atom. The normalized spacial score (nSPS) is 28.8. The second kappa shape index (κ2) is 6.93. The van der Waals surface area contributed by atoms with Crippen molar-refractivity contribution in [3.05, 3.63) is 58.3 Å². The molecule has 0 aliphatic carbocycles. The monoisotopic (exact) mass is 354 g/mol. The Hall–Kier alpha value is -2.05. The zero-order valence-electron chi connectivity index (χ0n) is 15.2. The summed E-state index contributed by atoms with van der Waals surface area (Å²) >= 11 is 0. The molecule has 4 rings (SSSR count). The summed E-state index contributed by atoms with van der Waals surface area (Å²) < 4.78 is 1.43. The first-order chi connectivity index (χ1) is 12.5. The Morgan fingerprint density at radius 2 is 1.96 bits per heavy atom. The minimum absolute atomic E-state index is 0.148. The molecule has 0 radical (unpaired) electrons. The Bertz CT molecular complexity index is 806. The molecule has 2 aliphatic heterocycles. The average Bonchev–Trinajstić information content (AvgIpc) is 2.60. The van der Waals surface area contributed by atoms with Crippen LogP contribution in [-0.4, -0.2) is 42.5 Å². The molecule has 2 aliphatic rings. The van der Waals surface area contributed by atoms with Gasteiger partial charge < -0.3 is 5.11 Å².